The summed E-state index contributed by atoms with van der Waals surface area (Å²) in [7, 11) is -3.53. The summed E-state index contributed by atoms with van der Waals surface area (Å²) in [6.07, 6.45) is 1.75. The molecule has 0 aliphatic carbocycles. The molecule has 1 saturated heterocycles. The van der Waals surface area contributed by atoms with Gasteiger partial charge in [0, 0.05) is 29.4 Å². The molecule has 2 aromatic rings. The van der Waals surface area contributed by atoms with E-state index >= 15 is 0 Å². The second-order valence-electron chi connectivity index (χ2n) is 6.37. The van der Waals surface area contributed by atoms with Crippen LogP contribution in [-0.4, -0.2) is 38.1 Å². The second kappa shape index (κ2) is 7.78. The van der Waals surface area contributed by atoms with Crippen LogP contribution in [0.4, 0.5) is 5.69 Å². The van der Waals surface area contributed by atoms with Crippen LogP contribution in [0.2, 0.25) is 5.02 Å². The SMILES string of the molecule is Cc1ccc(Cl)cc1NCC(=O)c1cccc(S(=O)(=O)N2CCCC2)c1. The largest absolute Gasteiger partial charge is 0.377 e. The van der Waals surface area contributed by atoms with Crippen LogP contribution < -0.4 is 5.32 Å². The number of aryl methyl sites for hydroxylation is 1. The molecular formula is C19H21ClN2O3S. The monoisotopic (exact) mass is 392 g/mol. The van der Waals surface area contributed by atoms with Crippen molar-refractivity contribution in [1.29, 1.82) is 0 Å². The molecule has 1 N–H and O–H groups in total. The summed E-state index contributed by atoms with van der Waals surface area (Å²) in [5.41, 5.74) is 2.14. The number of Topliss-reactive ketones (excluding diaryl/α,β-unsaturated/α-hetero) is 1. The fraction of sp³-hybridized carbons (Fsp3) is 0.316. The average Bonchev–Trinajstić information content (AvgIpc) is 3.18. The van der Waals surface area contributed by atoms with Crippen LogP contribution in [0.5, 0.6) is 0 Å². The summed E-state index contributed by atoms with van der Waals surface area (Å²) in [5.74, 6) is -0.178. The lowest BCUT2D eigenvalue weighted by Gasteiger charge is -2.16. The molecule has 2 aromatic carbocycles. The first kappa shape index (κ1) is 18.9. The third-order valence-electron chi connectivity index (χ3n) is 4.50. The minimum Gasteiger partial charge on any atom is -0.377 e. The first-order chi connectivity index (χ1) is 12.4. The fourth-order valence-corrected chi connectivity index (χ4v) is 4.71. The lowest BCUT2D eigenvalue weighted by Crippen LogP contribution is -2.28. The van der Waals surface area contributed by atoms with E-state index in [0.717, 1.165) is 24.1 Å². The maximum Gasteiger partial charge on any atom is 0.243 e. The molecule has 0 atom stereocenters. The van der Waals surface area contributed by atoms with Crippen molar-refractivity contribution in [3.05, 3.63) is 58.6 Å². The molecule has 1 aliphatic heterocycles. The van der Waals surface area contributed by atoms with Crippen molar-refractivity contribution in [2.45, 2.75) is 24.7 Å². The topological polar surface area (TPSA) is 66.5 Å². The van der Waals surface area contributed by atoms with Gasteiger partial charge in [-0.05, 0) is 49.6 Å². The van der Waals surface area contributed by atoms with E-state index in [4.69, 9.17) is 11.6 Å². The van der Waals surface area contributed by atoms with Crippen molar-refractivity contribution in [3.63, 3.8) is 0 Å². The van der Waals surface area contributed by atoms with Gasteiger partial charge in [-0.3, -0.25) is 4.79 Å². The number of ketones is 1. The third kappa shape index (κ3) is 4.09. The minimum absolute atomic E-state index is 0.0639. The molecule has 1 heterocycles. The summed E-state index contributed by atoms with van der Waals surface area (Å²) in [6.45, 7) is 3.06. The van der Waals surface area contributed by atoms with Gasteiger partial charge in [-0.25, -0.2) is 8.42 Å². The highest BCUT2D eigenvalue weighted by Gasteiger charge is 2.27. The number of hydrogen-bond acceptors (Lipinski definition) is 4. The van der Waals surface area contributed by atoms with Crippen LogP contribution >= 0.6 is 11.6 Å². The highest BCUT2D eigenvalue weighted by atomic mass is 35.5. The number of benzene rings is 2. The summed E-state index contributed by atoms with van der Waals surface area (Å²) < 4.78 is 26.8. The first-order valence-electron chi connectivity index (χ1n) is 8.51. The van der Waals surface area contributed by atoms with E-state index in [9.17, 15) is 13.2 Å². The minimum atomic E-state index is -3.53. The number of nitrogens with one attached hydrogen (secondary N) is 1. The molecule has 0 saturated carbocycles. The molecular weight excluding hydrogens is 372 g/mol. The van der Waals surface area contributed by atoms with Crippen LogP contribution in [0.1, 0.15) is 28.8 Å². The maximum atomic E-state index is 12.7. The fourth-order valence-electron chi connectivity index (χ4n) is 2.97. The maximum absolute atomic E-state index is 12.7. The Morgan fingerprint density at radius 1 is 1.15 bits per heavy atom. The molecule has 0 aromatic heterocycles. The lowest BCUT2D eigenvalue weighted by atomic mass is 10.1. The molecule has 1 aliphatic rings. The predicted octanol–water partition coefficient (Wildman–Crippen LogP) is 3.73. The Kier molecular flexibility index (Phi) is 5.65. The Bertz CT molecular complexity index is 922. The van der Waals surface area contributed by atoms with Gasteiger partial charge in [0.05, 0.1) is 11.4 Å². The van der Waals surface area contributed by atoms with Crippen LogP contribution in [0.25, 0.3) is 0 Å². The van der Waals surface area contributed by atoms with E-state index in [1.807, 2.05) is 13.0 Å². The number of halogens is 1. The average molecular weight is 393 g/mol. The number of hydrogen-bond donors (Lipinski definition) is 1. The van der Waals surface area contributed by atoms with Gasteiger partial charge in [-0.1, -0.05) is 29.8 Å². The Morgan fingerprint density at radius 2 is 1.88 bits per heavy atom. The molecule has 5 nitrogen and oxygen atoms in total. The highest BCUT2D eigenvalue weighted by molar-refractivity contribution is 7.89. The van der Waals surface area contributed by atoms with Gasteiger partial charge >= 0.3 is 0 Å². The zero-order valence-corrected chi connectivity index (χ0v) is 16.1. The first-order valence-corrected chi connectivity index (χ1v) is 10.3. The van der Waals surface area contributed by atoms with E-state index < -0.39 is 10.0 Å². The number of nitrogens with zero attached hydrogens (tertiary/aromatic N) is 1. The number of rotatable bonds is 6. The molecule has 3 rings (SSSR count). The summed E-state index contributed by atoms with van der Waals surface area (Å²) in [5, 5.41) is 3.66. The molecule has 7 heteroatoms. The van der Waals surface area contributed by atoms with Gasteiger partial charge in [0.1, 0.15) is 0 Å². The quantitative estimate of drug-likeness (QED) is 0.760. The standard InChI is InChI=1S/C19H21ClN2O3S/c1-14-7-8-16(20)12-18(14)21-13-19(23)15-5-4-6-17(11-15)26(24,25)22-9-2-3-10-22/h4-8,11-12,21H,2-3,9-10,13H2,1H3. The van der Waals surface area contributed by atoms with Crippen LogP contribution in [0, 0.1) is 6.92 Å². The molecule has 26 heavy (non-hydrogen) atoms. The lowest BCUT2D eigenvalue weighted by molar-refractivity contribution is 0.101. The van der Waals surface area contributed by atoms with Crippen molar-refractivity contribution < 1.29 is 13.2 Å². The summed E-state index contributed by atoms with van der Waals surface area (Å²) in [6, 6.07) is 11.7. The van der Waals surface area contributed by atoms with Gasteiger partial charge in [-0.15, -0.1) is 0 Å². The van der Waals surface area contributed by atoms with Gasteiger partial charge in [0.25, 0.3) is 0 Å². The van der Waals surface area contributed by atoms with Gasteiger partial charge in [0.15, 0.2) is 5.78 Å². The molecule has 138 valence electrons. The van der Waals surface area contributed by atoms with Crippen molar-refractivity contribution >= 4 is 33.1 Å². The smallest absolute Gasteiger partial charge is 0.243 e. The molecule has 0 unspecified atom stereocenters. The Labute approximate surface area is 159 Å². The van der Waals surface area contributed by atoms with Crippen molar-refractivity contribution in [2.24, 2.45) is 0 Å². The molecule has 0 spiro atoms. The number of carbonyl (C=O) groups excluding carboxylic acids is 1. The van der Waals surface area contributed by atoms with Crippen LogP contribution in [0.15, 0.2) is 47.4 Å². The number of anilines is 1. The van der Waals surface area contributed by atoms with Gasteiger partial charge < -0.3 is 5.32 Å². The second-order valence-corrected chi connectivity index (χ2v) is 8.75. The normalized spacial score (nSPS) is 15.2. The van der Waals surface area contributed by atoms with E-state index in [0.29, 0.717) is 23.7 Å². The number of carbonyl (C=O) groups is 1. The zero-order valence-electron chi connectivity index (χ0n) is 14.5. The summed E-state index contributed by atoms with van der Waals surface area (Å²) in [4.78, 5) is 12.7. The molecule has 0 bridgehead atoms. The van der Waals surface area contributed by atoms with E-state index in [1.54, 1.807) is 30.3 Å². The van der Waals surface area contributed by atoms with Crippen LogP contribution in [0.3, 0.4) is 0 Å². The zero-order chi connectivity index (χ0) is 18.7. The molecule has 0 amide bonds. The van der Waals surface area contributed by atoms with E-state index in [1.165, 1.54) is 10.4 Å². The van der Waals surface area contributed by atoms with E-state index in [-0.39, 0.29) is 17.2 Å². The Balaban J connectivity index is 1.75. The van der Waals surface area contributed by atoms with Gasteiger partial charge in [0.2, 0.25) is 10.0 Å². The van der Waals surface area contributed by atoms with Gasteiger partial charge in [-0.2, -0.15) is 4.31 Å². The van der Waals surface area contributed by atoms with Crippen molar-refractivity contribution in [2.75, 3.05) is 25.0 Å². The number of sulfonamides is 1. The Morgan fingerprint density at radius 3 is 2.62 bits per heavy atom. The predicted molar refractivity (Wildman–Crippen MR) is 103 cm³/mol. The van der Waals surface area contributed by atoms with E-state index in [2.05, 4.69) is 5.32 Å². The highest BCUT2D eigenvalue weighted by Crippen LogP contribution is 2.23. The Hall–Kier alpha value is -1.89. The van der Waals surface area contributed by atoms with Crippen molar-refractivity contribution in [3.8, 4) is 0 Å². The summed E-state index contributed by atoms with van der Waals surface area (Å²) >= 11 is 5.99. The third-order valence-corrected chi connectivity index (χ3v) is 6.63. The molecule has 1 fully saturated rings. The van der Waals surface area contributed by atoms with Crippen molar-refractivity contribution in [1.82, 2.24) is 4.31 Å². The van der Waals surface area contributed by atoms with Crippen LogP contribution in [-0.2, 0) is 10.0 Å². The molecule has 0 radical (unpaired) electrons.